The minimum Gasteiger partial charge on any atom is -0.260 e. The number of rotatable bonds is 6. The summed E-state index contributed by atoms with van der Waals surface area (Å²) in [5.41, 5.74) is 1.14. The van der Waals surface area contributed by atoms with Crippen LogP contribution in [0.5, 0.6) is 0 Å². The van der Waals surface area contributed by atoms with Crippen molar-refractivity contribution in [3.8, 4) is 0 Å². The molecule has 0 saturated carbocycles. The lowest BCUT2D eigenvalue weighted by atomic mass is 10.3. The number of para-hydroxylation sites is 1. The topological polar surface area (TPSA) is 12.4 Å². The minimum atomic E-state index is -1.14. The maximum atomic E-state index is 4.60. The molecule has 0 amide bonds. The van der Waals surface area contributed by atoms with E-state index in [4.69, 9.17) is 0 Å². The Hall–Kier alpha value is -0.543. The van der Waals surface area contributed by atoms with Crippen LogP contribution in [-0.2, 0) is 0 Å². The molecule has 1 nitrogen and oxygen atoms in total. The van der Waals surface area contributed by atoms with E-state index in [1.165, 1.54) is 17.7 Å². The lowest BCUT2D eigenvalue weighted by molar-refractivity contribution is 0.842. The van der Waals surface area contributed by atoms with Crippen LogP contribution in [0.1, 0.15) is 26.2 Å². The van der Waals surface area contributed by atoms with Crippen LogP contribution in [0.4, 0.5) is 5.69 Å². The lowest BCUT2D eigenvalue weighted by Crippen LogP contribution is -2.13. The van der Waals surface area contributed by atoms with Gasteiger partial charge in [-0.1, -0.05) is 45.1 Å². The number of unbranched alkanes of at least 4 members (excludes halogenated alkanes) is 2. The molecule has 94 valence electrons. The van der Waals surface area contributed by atoms with Gasteiger partial charge in [-0.2, -0.15) is 0 Å². The normalized spacial score (nSPS) is 12.2. The molecule has 0 unspecified atom stereocenters. The summed E-state index contributed by atoms with van der Waals surface area (Å²) in [6, 6.07) is 8.48. The van der Waals surface area contributed by atoms with Gasteiger partial charge in [0.2, 0.25) is 0 Å². The van der Waals surface area contributed by atoms with Gasteiger partial charge in [0.1, 0.15) is 7.22 Å². The zero-order chi connectivity index (χ0) is 12.7. The molecule has 3 heteroatoms. The second-order valence-electron chi connectivity index (χ2n) is 5.14. The Labute approximate surface area is 110 Å². The number of hydrogen-bond donors (Lipinski definition) is 0. The van der Waals surface area contributed by atoms with Crippen molar-refractivity contribution in [2.45, 2.75) is 50.7 Å². The molecule has 0 spiro atoms. The Morgan fingerprint density at radius 3 is 2.59 bits per heavy atom. The standard InChI is InChI=1S/C14H23NSSi/c1-5-6-9-12-15-13-10-7-8-11-14(13)16-17(2,3)4/h7-8,10-12H,5-6,9H2,1-4H3/b15-12+. The van der Waals surface area contributed by atoms with Gasteiger partial charge in [0.25, 0.3) is 0 Å². The van der Waals surface area contributed by atoms with Gasteiger partial charge in [-0.3, -0.25) is 4.99 Å². The molecular weight excluding hydrogens is 242 g/mol. The predicted molar refractivity (Wildman–Crippen MR) is 83.3 cm³/mol. The van der Waals surface area contributed by atoms with Crippen molar-refractivity contribution in [1.82, 2.24) is 0 Å². The fourth-order valence-corrected chi connectivity index (χ4v) is 4.97. The molecule has 17 heavy (non-hydrogen) atoms. The van der Waals surface area contributed by atoms with Gasteiger partial charge in [0, 0.05) is 11.1 Å². The molecule has 0 aliphatic carbocycles. The summed E-state index contributed by atoms with van der Waals surface area (Å²) in [6.07, 6.45) is 5.61. The highest BCUT2D eigenvalue weighted by atomic mass is 32.4. The molecule has 0 radical (unpaired) electrons. The Balaban J connectivity index is 2.74. The van der Waals surface area contributed by atoms with Crippen molar-refractivity contribution < 1.29 is 0 Å². The van der Waals surface area contributed by atoms with Crippen LogP contribution in [0.25, 0.3) is 0 Å². The molecule has 0 N–H and O–H groups in total. The van der Waals surface area contributed by atoms with Gasteiger partial charge in [-0.25, -0.2) is 0 Å². The monoisotopic (exact) mass is 265 g/mol. The zero-order valence-electron chi connectivity index (χ0n) is 11.4. The van der Waals surface area contributed by atoms with Gasteiger partial charge in [-0.15, -0.1) is 11.2 Å². The highest BCUT2D eigenvalue weighted by Gasteiger charge is 2.16. The van der Waals surface area contributed by atoms with E-state index in [-0.39, 0.29) is 0 Å². The molecule has 1 aromatic rings. The summed E-state index contributed by atoms with van der Waals surface area (Å²) in [4.78, 5) is 5.94. The molecule has 0 fully saturated rings. The largest absolute Gasteiger partial charge is 0.260 e. The van der Waals surface area contributed by atoms with Crippen LogP contribution < -0.4 is 0 Å². The first kappa shape index (κ1) is 14.5. The van der Waals surface area contributed by atoms with Crippen molar-refractivity contribution >= 4 is 30.3 Å². The third-order valence-corrected chi connectivity index (χ3v) is 5.87. The molecule has 0 bridgehead atoms. The Kier molecular flexibility index (Phi) is 5.99. The van der Waals surface area contributed by atoms with E-state index < -0.39 is 7.22 Å². The van der Waals surface area contributed by atoms with Gasteiger partial charge >= 0.3 is 0 Å². The smallest absolute Gasteiger partial charge is 0.114 e. The number of benzene rings is 1. The van der Waals surface area contributed by atoms with E-state index in [0.29, 0.717) is 0 Å². The highest BCUT2D eigenvalue weighted by Crippen LogP contribution is 2.35. The summed E-state index contributed by atoms with van der Waals surface area (Å²) in [7, 11) is -1.14. The third-order valence-electron chi connectivity index (χ3n) is 2.20. The summed E-state index contributed by atoms with van der Waals surface area (Å²) >= 11 is 2.02. The van der Waals surface area contributed by atoms with E-state index in [0.717, 1.165) is 12.1 Å². The van der Waals surface area contributed by atoms with Crippen LogP contribution >= 0.6 is 11.2 Å². The van der Waals surface area contributed by atoms with Crippen molar-refractivity contribution in [2.24, 2.45) is 4.99 Å². The van der Waals surface area contributed by atoms with Crippen molar-refractivity contribution in [1.29, 1.82) is 0 Å². The van der Waals surface area contributed by atoms with Crippen LogP contribution in [0.15, 0.2) is 34.2 Å². The Morgan fingerprint density at radius 1 is 1.24 bits per heavy atom. The van der Waals surface area contributed by atoms with Crippen molar-refractivity contribution in [2.75, 3.05) is 0 Å². The Morgan fingerprint density at radius 2 is 1.94 bits per heavy atom. The molecule has 0 aromatic heterocycles. The molecule has 1 rings (SSSR count). The van der Waals surface area contributed by atoms with Crippen molar-refractivity contribution in [3.63, 3.8) is 0 Å². The summed E-state index contributed by atoms with van der Waals surface area (Å²) < 4.78 is 0. The number of aliphatic imine (C=N–C) groups is 1. The second-order valence-corrected chi connectivity index (χ2v) is 14.3. The second kappa shape index (κ2) is 7.02. The zero-order valence-corrected chi connectivity index (χ0v) is 13.2. The molecule has 0 atom stereocenters. The first-order valence-corrected chi connectivity index (χ1v) is 11.4. The van der Waals surface area contributed by atoms with Crippen LogP contribution in [0.2, 0.25) is 19.6 Å². The van der Waals surface area contributed by atoms with E-state index >= 15 is 0 Å². The number of hydrogen-bond acceptors (Lipinski definition) is 2. The fourth-order valence-electron chi connectivity index (χ4n) is 1.44. The molecule has 0 heterocycles. The lowest BCUT2D eigenvalue weighted by Gasteiger charge is -2.16. The van der Waals surface area contributed by atoms with E-state index in [1.807, 2.05) is 11.2 Å². The first-order valence-electron chi connectivity index (χ1n) is 6.33. The quantitative estimate of drug-likeness (QED) is 0.375. The number of nitrogens with zero attached hydrogens (tertiary/aromatic N) is 1. The minimum absolute atomic E-state index is 1.09. The van der Waals surface area contributed by atoms with Crippen molar-refractivity contribution in [3.05, 3.63) is 24.3 Å². The molecule has 1 aromatic carbocycles. The molecule has 0 aliphatic heterocycles. The van der Waals surface area contributed by atoms with Gasteiger partial charge in [-0.05, 0) is 25.0 Å². The maximum Gasteiger partial charge on any atom is 0.114 e. The van der Waals surface area contributed by atoms with Crippen LogP contribution in [0.3, 0.4) is 0 Å². The summed E-state index contributed by atoms with van der Waals surface area (Å²) in [5.74, 6) is 0. The molecular formula is C14H23NSSi. The van der Waals surface area contributed by atoms with Gasteiger partial charge in [0.05, 0.1) is 5.69 Å². The summed E-state index contributed by atoms with van der Waals surface area (Å²) in [6.45, 7) is 9.32. The van der Waals surface area contributed by atoms with E-state index in [1.54, 1.807) is 0 Å². The van der Waals surface area contributed by atoms with Crippen LogP contribution in [-0.4, -0.2) is 13.4 Å². The third kappa shape index (κ3) is 6.08. The van der Waals surface area contributed by atoms with Crippen LogP contribution in [0, 0.1) is 0 Å². The molecule has 0 aliphatic rings. The average Bonchev–Trinajstić information content (AvgIpc) is 2.24. The first-order chi connectivity index (χ1) is 8.03. The fraction of sp³-hybridized carbons (Fsp3) is 0.500. The highest BCUT2D eigenvalue weighted by molar-refractivity contribution is 8.28. The summed E-state index contributed by atoms with van der Waals surface area (Å²) in [5, 5.41) is 0. The SMILES string of the molecule is CCCC/C=N/c1ccccc1S[Si](C)(C)C. The predicted octanol–water partition coefficient (Wildman–Crippen LogP) is 5.51. The Bertz CT molecular complexity index is 369. The van der Waals surface area contributed by atoms with Gasteiger partial charge in [0.15, 0.2) is 0 Å². The average molecular weight is 265 g/mol. The van der Waals surface area contributed by atoms with E-state index in [9.17, 15) is 0 Å². The maximum absolute atomic E-state index is 4.60. The van der Waals surface area contributed by atoms with E-state index in [2.05, 4.69) is 62.0 Å². The van der Waals surface area contributed by atoms with Gasteiger partial charge < -0.3 is 0 Å². The molecule has 0 saturated heterocycles.